The van der Waals surface area contributed by atoms with Crippen molar-refractivity contribution in [3.8, 4) is 5.75 Å². The normalized spacial score (nSPS) is 20.7. The first-order valence-corrected chi connectivity index (χ1v) is 5.78. The van der Waals surface area contributed by atoms with Gasteiger partial charge in [-0.05, 0) is 23.1 Å². The molecule has 5 heteroatoms. The van der Waals surface area contributed by atoms with E-state index in [0.717, 1.165) is 5.56 Å². The number of hydrogen-bond acceptors (Lipinski definition) is 3. The van der Waals surface area contributed by atoms with Crippen LogP contribution in [0.3, 0.4) is 0 Å². The first-order chi connectivity index (χ1) is 7.15. The van der Waals surface area contributed by atoms with E-state index >= 15 is 0 Å². The van der Waals surface area contributed by atoms with Gasteiger partial charge in [-0.1, -0.05) is 22.6 Å². The Labute approximate surface area is 88.8 Å². The minimum Gasteiger partial charge on any atom is -0.508 e. The van der Waals surface area contributed by atoms with Gasteiger partial charge in [-0.3, -0.25) is 14.9 Å². The molecule has 0 radical (unpaired) electrons. The van der Waals surface area contributed by atoms with Gasteiger partial charge in [0.15, 0.2) is 0 Å². The Morgan fingerprint density at radius 3 is 2.47 bits per heavy atom. The van der Waals surface area contributed by atoms with Crippen molar-refractivity contribution in [2.45, 2.75) is 0 Å². The molecule has 2 rings (SSSR count). The molecule has 2 N–H and O–H groups in total. The molecular weight excluding hydrogens is 214 g/mol. The van der Waals surface area contributed by atoms with E-state index in [2.05, 4.69) is 5.32 Å². The van der Waals surface area contributed by atoms with Gasteiger partial charge < -0.3 is 5.11 Å². The SMILES string of the molecule is O=C1C/S(=C\c2ccc(O)cc2)C(=O)N1. The van der Waals surface area contributed by atoms with Gasteiger partial charge in [-0.2, -0.15) is 0 Å². The lowest BCUT2D eigenvalue weighted by molar-refractivity contribution is -0.117. The van der Waals surface area contributed by atoms with Gasteiger partial charge in [0, 0.05) is 0 Å². The van der Waals surface area contributed by atoms with Crippen molar-refractivity contribution in [3.05, 3.63) is 29.8 Å². The number of carbonyl (C=O) groups is 2. The maximum absolute atomic E-state index is 11.3. The van der Waals surface area contributed by atoms with Crippen LogP contribution < -0.4 is 5.32 Å². The standard InChI is InChI=1S/C10H9NO3S/c12-8-3-1-7(2-4-8)5-15-6-9(13)11-10(15)14/h1-5,12H,6H2,(H,11,13,14). The fraction of sp³-hybridized carbons (Fsp3) is 0.100. The summed E-state index contributed by atoms with van der Waals surface area (Å²) in [5.74, 6) is 0.195. The summed E-state index contributed by atoms with van der Waals surface area (Å²) in [6.45, 7) is 0. The van der Waals surface area contributed by atoms with Crippen molar-refractivity contribution < 1.29 is 14.7 Å². The Balaban J connectivity index is 2.27. The van der Waals surface area contributed by atoms with Crippen LogP contribution in [0.1, 0.15) is 5.56 Å². The minimum atomic E-state index is -0.666. The van der Waals surface area contributed by atoms with Crippen LogP contribution in [0.4, 0.5) is 4.79 Å². The van der Waals surface area contributed by atoms with E-state index in [-0.39, 0.29) is 22.6 Å². The molecule has 1 fully saturated rings. The molecule has 15 heavy (non-hydrogen) atoms. The molecular formula is C10H9NO3S. The molecule has 1 atom stereocenters. The fourth-order valence-electron chi connectivity index (χ4n) is 1.23. The third-order valence-corrected chi connectivity index (χ3v) is 3.65. The number of amides is 2. The minimum absolute atomic E-state index is 0.183. The van der Waals surface area contributed by atoms with Crippen LogP contribution >= 0.6 is 10.5 Å². The summed E-state index contributed by atoms with van der Waals surface area (Å²) in [5, 5.41) is 12.8. The summed E-state index contributed by atoms with van der Waals surface area (Å²) in [7, 11) is -0.666. The number of nitrogens with one attached hydrogen (secondary N) is 1. The van der Waals surface area contributed by atoms with E-state index in [1.807, 2.05) is 0 Å². The molecule has 4 nitrogen and oxygen atoms in total. The van der Waals surface area contributed by atoms with Crippen molar-refractivity contribution in [1.29, 1.82) is 0 Å². The predicted molar refractivity (Wildman–Crippen MR) is 59.3 cm³/mol. The zero-order valence-electron chi connectivity index (χ0n) is 7.77. The van der Waals surface area contributed by atoms with Gasteiger partial charge in [-0.25, -0.2) is 0 Å². The van der Waals surface area contributed by atoms with Crippen LogP contribution in [-0.2, 0) is 4.79 Å². The van der Waals surface area contributed by atoms with E-state index in [9.17, 15) is 9.59 Å². The van der Waals surface area contributed by atoms with Crippen LogP contribution in [0.25, 0.3) is 0 Å². The topological polar surface area (TPSA) is 66.4 Å². The number of rotatable bonds is 1. The highest BCUT2D eigenvalue weighted by atomic mass is 32.2. The quantitative estimate of drug-likeness (QED) is 0.700. The zero-order valence-corrected chi connectivity index (χ0v) is 8.58. The number of imide groups is 1. The maximum Gasteiger partial charge on any atom is 0.280 e. The summed E-state index contributed by atoms with van der Waals surface area (Å²) in [6, 6.07) is 6.51. The highest BCUT2D eigenvalue weighted by molar-refractivity contribution is 8.28. The molecule has 0 aromatic heterocycles. The molecule has 1 aromatic rings. The Morgan fingerprint density at radius 1 is 1.27 bits per heavy atom. The van der Waals surface area contributed by atoms with Crippen LogP contribution in [0.15, 0.2) is 24.3 Å². The monoisotopic (exact) mass is 223 g/mol. The Bertz CT molecular complexity index is 450. The van der Waals surface area contributed by atoms with Gasteiger partial charge in [0.1, 0.15) is 5.75 Å². The molecule has 78 valence electrons. The number of carbonyl (C=O) groups excluding carboxylic acids is 2. The first kappa shape index (κ1) is 9.92. The maximum atomic E-state index is 11.3. The van der Waals surface area contributed by atoms with Gasteiger partial charge in [-0.15, -0.1) is 0 Å². The second kappa shape index (κ2) is 3.86. The van der Waals surface area contributed by atoms with Gasteiger partial charge in [0.25, 0.3) is 5.24 Å². The second-order valence-electron chi connectivity index (χ2n) is 3.12. The highest BCUT2D eigenvalue weighted by Crippen LogP contribution is 2.20. The van der Waals surface area contributed by atoms with Gasteiger partial charge >= 0.3 is 0 Å². The van der Waals surface area contributed by atoms with Gasteiger partial charge in [0.05, 0.1) is 5.75 Å². The molecule has 1 unspecified atom stereocenters. The Kier molecular flexibility index (Phi) is 2.55. The lowest BCUT2D eigenvalue weighted by Crippen LogP contribution is -2.18. The average Bonchev–Trinajstić information content (AvgIpc) is 2.49. The third-order valence-electron chi connectivity index (χ3n) is 1.94. The van der Waals surface area contributed by atoms with E-state index in [0.29, 0.717) is 0 Å². The van der Waals surface area contributed by atoms with E-state index < -0.39 is 10.5 Å². The van der Waals surface area contributed by atoms with E-state index in [4.69, 9.17) is 5.11 Å². The van der Waals surface area contributed by atoms with Crippen molar-refractivity contribution in [3.63, 3.8) is 0 Å². The second-order valence-corrected chi connectivity index (χ2v) is 4.87. The van der Waals surface area contributed by atoms with Crippen LogP contribution in [0.2, 0.25) is 0 Å². The van der Waals surface area contributed by atoms with Crippen LogP contribution in [0.5, 0.6) is 5.75 Å². The lowest BCUT2D eigenvalue weighted by Gasteiger charge is -1.96. The van der Waals surface area contributed by atoms with E-state index in [1.54, 1.807) is 29.6 Å². The molecule has 0 saturated carbocycles. The van der Waals surface area contributed by atoms with Gasteiger partial charge in [0.2, 0.25) is 5.91 Å². The highest BCUT2D eigenvalue weighted by Gasteiger charge is 2.22. The number of hydrogen-bond donors (Lipinski definition) is 2. The molecule has 2 amide bonds. The molecule has 1 saturated heterocycles. The summed E-state index contributed by atoms with van der Waals surface area (Å²) < 4.78 is 0. The summed E-state index contributed by atoms with van der Waals surface area (Å²) >= 11 is 0. The van der Waals surface area contributed by atoms with Crippen LogP contribution in [0, 0.1) is 0 Å². The van der Waals surface area contributed by atoms with Crippen molar-refractivity contribution in [2.75, 3.05) is 5.75 Å². The number of aromatic hydroxyl groups is 1. The Hall–Kier alpha value is -1.62. The van der Waals surface area contributed by atoms with Crippen LogP contribution in [-0.4, -0.2) is 27.4 Å². The van der Waals surface area contributed by atoms with E-state index in [1.165, 1.54) is 0 Å². The zero-order chi connectivity index (χ0) is 10.8. The summed E-state index contributed by atoms with van der Waals surface area (Å²) in [4.78, 5) is 22.2. The lowest BCUT2D eigenvalue weighted by atomic mass is 10.2. The smallest absolute Gasteiger partial charge is 0.280 e. The van der Waals surface area contributed by atoms with Crippen molar-refractivity contribution in [1.82, 2.24) is 5.32 Å². The molecule has 1 aliphatic rings. The molecule has 0 bridgehead atoms. The molecule has 0 aliphatic carbocycles. The Morgan fingerprint density at radius 2 is 1.93 bits per heavy atom. The number of benzene rings is 1. The first-order valence-electron chi connectivity index (χ1n) is 4.32. The number of phenols is 1. The third kappa shape index (κ3) is 2.24. The average molecular weight is 223 g/mol. The summed E-state index contributed by atoms with van der Waals surface area (Å²) in [6.07, 6.45) is 0. The van der Waals surface area contributed by atoms with Crippen molar-refractivity contribution >= 4 is 27.0 Å². The van der Waals surface area contributed by atoms with Crippen molar-refractivity contribution in [2.24, 2.45) is 0 Å². The fourth-order valence-corrected chi connectivity index (χ4v) is 2.64. The predicted octanol–water partition coefficient (Wildman–Crippen LogP) is 1.06. The molecule has 1 aromatic carbocycles. The molecule has 0 spiro atoms. The molecule has 1 aliphatic heterocycles. The number of phenolic OH excluding ortho intramolecular Hbond substituents is 1. The molecule has 1 heterocycles. The summed E-state index contributed by atoms with van der Waals surface area (Å²) in [5.41, 5.74) is 0.834. The largest absolute Gasteiger partial charge is 0.508 e.